The Labute approximate surface area is 114 Å². The third-order valence-corrected chi connectivity index (χ3v) is 3.44. The Morgan fingerprint density at radius 2 is 2.37 bits per heavy atom. The number of carbonyl (C=O) groups excluding carboxylic acids is 1. The minimum atomic E-state index is 0.0969. The zero-order valence-electron chi connectivity index (χ0n) is 11.7. The number of amides is 1. The third kappa shape index (κ3) is 3.47. The number of nitrogens with zero attached hydrogens (tertiary/aromatic N) is 1. The highest BCUT2D eigenvalue weighted by atomic mass is 16.5. The predicted molar refractivity (Wildman–Crippen MR) is 75.6 cm³/mol. The molecule has 1 unspecified atom stereocenters. The van der Waals surface area contributed by atoms with Crippen LogP contribution in [0, 0.1) is 0 Å². The van der Waals surface area contributed by atoms with E-state index in [0.717, 1.165) is 31.7 Å². The van der Waals surface area contributed by atoms with E-state index in [-0.39, 0.29) is 5.91 Å². The van der Waals surface area contributed by atoms with Crippen LogP contribution in [0.5, 0.6) is 5.75 Å². The monoisotopic (exact) mass is 262 g/mol. The minimum absolute atomic E-state index is 0.0969. The third-order valence-electron chi connectivity index (χ3n) is 3.44. The first-order valence-electron chi connectivity index (χ1n) is 6.94. The van der Waals surface area contributed by atoms with E-state index < -0.39 is 0 Å². The molecule has 1 aromatic carbocycles. The molecule has 0 aromatic heterocycles. The van der Waals surface area contributed by atoms with Gasteiger partial charge in [-0.25, -0.2) is 0 Å². The van der Waals surface area contributed by atoms with Gasteiger partial charge in [-0.05, 0) is 38.1 Å². The number of rotatable bonds is 5. The lowest BCUT2D eigenvalue weighted by Gasteiger charge is -2.17. The van der Waals surface area contributed by atoms with E-state index in [1.807, 2.05) is 36.2 Å². The first-order valence-corrected chi connectivity index (χ1v) is 6.94. The van der Waals surface area contributed by atoms with E-state index in [2.05, 4.69) is 12.2 Å². The molecule has 0 radical (unpaired) electrons. The van der Waals surface area contributed by atoms with Gasteiger partial charge < -0.3 is 15.0 Å². The van der Waals surface area contributed by atoms with Crippen molar-refractivity contribution in [3.8, 4) is 5.75 Å². The van der Waals surface area contributed by atoms with Crippen LogP contribution in [-0.4, -0.2) is 43.6 Å². The van der Waals surface area contributed by atoms with E-state index in [9.17, 15) is 4.79 Å². The van der Waals surface area contributed by atoms with Gasteiger partial charge in [-0.15, -0.1) is 0 Å². The van der Waals surface area contributed by atoms with Crippen molar-refractivity contribution in [2.75, 3.05) is 26.7 Å². The molecule has 4 nitrogen and oxygen atoms in total. The second-order valence-electron chi connectivity index (χ2n) is 4.90. The average molecular weight is 262 g/mol. The highest BCUT2D eigenvalue weighted by molar-refractivity contribution is 5.94. The number of benzene rings is 1. The average Bonchev–Trinajstić information content (AvgIpc) is 2.93. The largest absolute Gasteiger partial charge is 0.494 e. The number of nitrogens with one attached hydrogen (secondary N) is 1. The molecule has 2 rings (SSSR count). The van der Waals surface area contributed by atoms with E-state index in [0.29, 0.717) is 18.2 Å². The number of likely N-dealkylation sites (tertiary alicyclic amines) is 1. The van der Waals surface area contributed by atoms with E-state index >= 15 is 0 Å². The first kappa shape index (κ1) is 13.9. The van der Waals surface area contributed by atoms with Gasteiger partial charge in [-0.3, -0.25) is 4.79 Å². The van der Waals surface area contributed by atoms with Crippen LogP contribution in [0.3, 0.4) is 0 Å². The van der Waals surface area contributed by atoms with Gasteiger partial charge in [0.2, 0.25) is 0 Å². The van der Waals surface area contributed by atoms with Crippen LogP contribution in [-0.2, 0) is 0 Å². The zero-order valence-corrected chi connectivity index (χ0v) is 11.7. The normalized spacial score (nSPS) is 18.6. The lowest BCUT2D eigenvalue weighted by atomic mass is 10.2. The van der Waals surface area contributed by atoms with Gasteiger partial charge in [-0.1, -0.05) is 13.0 Å². The first-order chi connectivity index (χ1) is 9.24. The van der Waals surface area contributed by atoms with Crippen molar-refractivity contribution < 1.29 is 9.53 Å². The van der Waals surface area contributed by atoms with Crippen molar-refractivity contribution in [3.05, 3.63) is 29.8 Å². The summed E-state index contributed by atoms with van der Waals surface area (Å²) in [4.78, 5) is 14.3. The Kier molecular flexibility index (Phi) is 4.80. The van der Waals surface area contributed by atoms with Gasteiger partial charge in [0, 0.05) is 24.7 Å². The summed E-state index contributed by atoms with van der Waals surface area (Å²) < 4.78 is 5.57. The molecule has 0 aliphatic carbocycles. The fraction of sp³-hybridized carbons (Fsp3) is 0.533. The predicted octanol–water partition coefficient (Wildman–Crippen LogP) is 1.91. The maximum Gasteiger partial charge on any atom is 0.254 e. The fourth-order valence-corrected chi connectivity index (χ4v) is 2.30. The molecule has 1 aliphatic rings. The van der Waals surface area contributed by atoms with Crippen LogP contribution in [0.4, 0.5) is 0 Å². The number of hydrogen-bond donors (Lipinski definition) is 1. The minimum Gasteiger partial charge on any atom is -0.494 e. The van der Waals surface area contributed by atoms with Crippen molar-refractivity contribution in [1.82, 2.24) is 10.2 Å². The molecule has 1 atom stereocenters. The number of carbonyl (C=O) groups is 1. The maximum absolute atomic E-state index is 12.4. The van der Waals surface area contributed by atoms with Crippen LogP contribution < -0.4 is 10.1 Å². The molecule has 1 N–H and O–H groups in total. The van der Waals surface area contributed by atoms with Crippen LogP contribution in [0.25, 0.3) is 0 Å². The molecule has 0 spiro atoms. The molecule has 0 saturated carbocycles. The van der Waals surface area contributed by atoms with Gasteiger partial charge in [0.1, 0.15) is 5.75 Å². The fourth-order valence-electron chi connectivity index (χ4n) is 2.30. The smallest absolute Gasteiger partial charge is 0.254 e. The number of ether oxygens (including phenoxy) is 1. The quantitative estimate of drug-likeness (QED) is 0.881. The Hall–Kier alpha value is -1.55. The second-order valence-corrected chi connectivity index (χ2v) is 4.90. The maximum atomic E-state index is 12.4. The van der Waals surface area contributed by atoms with Crippen molar-refractivity contribution >= 4 is 5.91 Å². The Morgan fingerprint density at radius 1 is 1.53 bits per heavy atom. The molecule has 1 fully saturated rings. The Balaban J connectivity index is 2.02. The lowest BCUT2D eigenvalue weighted by Crippen LogP contribution is -2.33. The molecule has 4 heteroatoms. The molecular weight excluding hydrogens is 240 g/mol. The van der Waals surface area contributed by atoms with Crippen LogP contribution >= 0.6 is 0 Å². The summed E-state index contributed by atoms with van der Waals surface area (Å²) in [6.07, 6.45) is 1.99. The topological polar surface area (TPSA) is 41.6 Å². The molecule has 1 amide bonds. The van der Waals surface area contributed by atoms with Gasteiger partial charge in [-0.2, -0.15) is 0 Å². The summed E-state index contributed by atoms with van der Waals surface area (Å²) in [5.74, 6) is 0.872. The lowest BCUT2D eigenvalue weighted by molar-refractivity contribution is 0.0789. The van der Waals surface area contributed by atoms with Crippen molar-refractivity contribution in [3.63, 3.8) is 0 Å². The van der Waals surface area contributed by atoms with E-state index in [1.54, 1.807) is 0 Å². The molecule has 0 bridgehead atoms. The van der Waals surface area contributed by atoms with Crippen molar-refractivity contribution in [2.45, 2.75) is 25.8 Å². The van der Waals surface area contributed by atoms with Crippen LogP contribution in [0.2, 0.25) is 0 Å². The van der Waals surface area contributed by atoms with Gasteiger partial charge >= 0.3 is 0 Å². The zero-order chi connectivity index (χ0) is 13.7. The van der Waals surface area contributed by atoms with Crippen molar-refractivity contribution in [2.24, 2.45) is 0 Å². The van der Waals surface area contributed by atoms with Gasteiger partial charge in [0.15, 0.2) is 0 Å². The molecule has 1 saturated heterocycles. The molecule has 1 heterocycles. The molecular formula is C15H22N2O2. The summed E-state index contributed by atoms with van der Waals surface area (Å²) in [5.41, 5.74) is 0.713. The second kappa shape index (κ2) is 6.57. The standard InChI is InChI=1S/C15H22N2O2/c1-3-9-19-14-6-4-5-12(10-14)15(18)17-8-7-13(11-17)16-2/h4-6,10,13,16H,3,7-9,11H2,1-2H3. The molecule has 1 aromatic rings. The SMILES string of the molecule is CCCOc1cccc(C(=O)N2CCC(NC)C2)c1. The van der Waals surface area contributed by atoms with Crippen LogP contribution in [0.15, 0.2) is 24.3 Å². The van der Waals surface area contributed by atoms with E-state index in [1.165, 1.54) is 0 Å². The van der Waals surface area contributed by atoms with Crippen molar-refractivity contribution in [1.29, 1.82) is 0 Å². The molecule has 104 valence electrons. The number of hydrogen-bond acceptors (Lipinski definition) is 3. The Bertz CT molecular complexity index is 434. The summed E-state index contributed by atoms with van der Waals surface area (Å²) in [7, 11) is 1.94. The summed E-state index contributed by atoms with van der Waals surface area (Å²) in [6.45, 7) is 4.36. The van der Waals surface area contributed by atoms with E-state index in [4.69, 9.17) is 4.74 Å². The summed E-state index contributed by atoms with van der Waals surface area (Å²) in [6, 6.07) is 7.89. The molecule has 1 aliphatic heterocycles. The summed E-state index contributed by atoms with van der Waals surface area (Å²) in [5, 5.41) is 3.22. The molecule has 19 heavy (non-hydrogen) atoms. The number of likely N-dealkylation sites (N-methyl/N-ethyl adjacent to an activating group) is 1. The van der Waals surface area contributed by atoms with Gasteiger partial charge in [0.25, 0.3) is 5.91 Å². The summed E-state index contributed by atoms with van der Waals surface area (Å²) >= 11 is 0. The van der Waals surface area contributed by atoms with Crippen LogP contribution in [0.1, 0.15) is 30.1 Å². The van der Waals surface area contributed by atoms with Gasteiger partial charge in [0.05, 0.1) is 6.61 Å². The highest BCUT2D eigenvalue weighted by Gasteiger charge is 2.25. The highest BCUT2D eigenvalue weighted by Crippen LogP contribution is 2.18. The Morgan fingerprint density at radius 3 is 3.05 bits per heavy atom.